The first-order valence-corrected chi connectivity index (χ1v) is 8.75. The van der Waals surface area contributed by atoms with Crippen molar-refractivity contribution in [1.29, 1.82) is 5.26 Å². The van der Waals surface area contributed by atoms with E-state index in [-0.39, 0.29) is 11.3 Å². The van der Waals surface area contributed by atoms with Crippen LogP contribution < -0.4 is 5.32 Å². The molecular formula is C16H19ClN2O2S. The molecule has 1 saturated heterocycles. The third-order valence-electron chi connectivity index (χ3n) is 3.93. The zero-order valence-corrected chi connectivity index (χ0v) is 13.9. The van der Waals surface area contributed by atoms with Crippen LogP contribution in [0.25, 0.3) is 0 Å². The quantitative estimate of drug-likeness (QED) is 0.810. The molecule has 0 unspecified atom stereocenters. The second-order valence-electron chi connectivity index (χ2n) is 5.33. The van der Waals surface area contributed by atoms with E-state index in [0.29, 0.717) is 36.3 Å². The Kier molecular flexibility index (Phi) is 6.56. The average Bonchev–Trinajstić information content (AvgIpc) is 2.55. The van der Waals surface area contributed by atoms with E-state index in [9.17, 15) is 4.79 Å². The fourth-order valence-electron chi connectivity index (χ4n) is 2.64. The summed E-state index contributed by atoms with van der Waals surface area (Å²) in [5, 5.41) is 12.2. The van der Waals surface area contributed by atoms with Gasteiger partial charge in [0.1, 0.15) is 0 Å². The molecule has 1 heterocycles. The summed E-state index contributed by atoms with van der Waals surface area (Å²) in [7, 11) is 0. The highest BCUT2D eigenvalue weighted by atomic mass is 35.5. The van der Waals surface area contributed by atoms with E-state index in [0.717, 1.165) is 12.8 Å². The molecule has 1 fully saturated rings. The molecule has 1 amide bonds. The zero-order valence-electron chi connectivity index (χ0n) is 12.3. The third kappa shape index (κ3) is 4.64. The second kappa shape index (κ2) is 8.42. The van der Waals surface area contributed by atoms with Gasteiger partial charge in [0.25, 0.3) is 0 Å². The lowest BCUT2D eigenvalue weighted by molar-refractivity contribution is -0.119. The number of nitrogens with zero attached hydrogens (tertiary/aromatic N) is 1. The van der Waals surface area contributed by atoms with Gasteiger partial charge in [-0.25, -0.2) is 0 Å². The van der Waals surface area contributed by atoms with E-state index in [1.165, 1.54) is 17.3 Å². The summed E-state index contributed by atoms with van der Waals surface area (Å²) < 4.78 is 5.48. The highest BCUT2D eigenvalue weighted by molar-refractivity contribution is 8.00. The average molecular weight is 339 g/mol. The summed E-state index contributed by atoms with van der Waals surface area (Å²) in [5.41, 5.74) is 1.09. The van der Waals surface area contributed by atoms with Crippen molar-refractivity contribution in [1.82, 2.24) is 5.32 Å². The molecule has 22 heavy (non-hydrogen) atoms. The summed E-state index contributed by atoms with van der Waals surface area (Å²) >= 11 is 7.30. The van der Waals surface area contributed by atoms with Crippen LogP contribution in [0.3, 0.4) is 0 Å². The fourth-order valence-corrected chi connectivity index (χ4v) is 3.25. The summed E-state index contributed by atoms with van der Waals surface area (Å²) in [6, 6.07) is 9.86. The van der Waals surface area contributed by atoms with Crippen molar-refractivity contribution in [2.24, 2.45) is 0 Å². The minimum absolute atomic E-state index is 0.0277. The van der Waals surface area contributed by atoms with Gasteiger partial charge in [0, 0.05) is 30.2 Å². The van der Waals surface area contributed by atoms with Gasteiger partial charge in [-0.1, -0.05) is 23.7 Å². The molecule has 1 aliphatic heterocycles. The summed E-state index contributed by atoms with van der Waals surface area (Å²) in [4.78, 5) is 11.9. The zero-order chi connectivity index (χ0) is 15.8. The van der Waals surface area contributed by atoms with E-state index in [1.54, 1.807) is 0 Å². The van der Waals surface area contributed by atoms with Gasteiger partial charge in [-0.15, -0.1) is 11.8 Å². The molecule has 1 aromatic carbocycles. The molecule has 4 nitrogen and oxygen atoms in total. The van der Waals surface area contributed by atoms with Crippen molar-refractivity contribution in [2.45, 2.75) is 18.3 Å². The monoisotopic (exact) mass is 338 g/mol. The molecule has 0 aliphatic carbocycles. The maximum atomic E-state index is 11.9. The Labute approximate surface area is 140 Å². The van der Waals surface area contributed by atoms with Gasteiger partial charge in [-0.2, -0.15) is 5.26 Å². The van der Waals surface area contributed by atoms with Crippen LogP contribution in [0.5, 0.6) is 0 Å². The molecule has 0 aromatic heterocycles. The lowest BCUT2D eigenvalue weighted by Crippen LogP contribution is -2.45. The fraction of sp³-hybridized carbons (Fsp3) is 0.500. The molecule has 0 radical (unpaired) electrons. The van der Waals surface area contributed by atoms with Gasteiger partial charge < -0.3 is 10.1 Å². The van der Waals surface area contributed by atoms with Crippen molar-refractivity contribution >= 4 is 29.3 Å². The molecule has 0 spiro atoms. The second-order valence-corrected chi connectivity index (χ2v) is 6.75. The maximum absolute atomic E-state index is 11.9. The number of carbonyl (C=O) groups is 1. The van der Waals surface area contributed by atoms with Crippen molar-refractivity contribution in [2.75, 3.05) is 31.3 Å². The van der Waals surface area contributed by atoms with Crippen molar-refractivity contribution < 1.29 is 9.53 Å². The Balaban J connectivity index is 2.02. The van der Waals surface area contributed by atoms with Gasteiger partial charge in [-0.05, 0) is 30.5 Å². The van der Waals surface area contributed by atoms with Crippen LogP contribution in [0.2, 0.25) is 5.02 Å². The number of hydrogen-bond donors (Lipinski definition) is 1. The predicted octanol–water partition coefficient (Wildman–Crippen LogP) is 2.76. The van der Waals surface area contributed by atoms with Crippen LogP contribution in [0.1, 0.15) is 18.4 Å². The molecule has 1 aliphatic rings. The molecule has 1 N–H and O–H groups in total. The number of halogens is 1. The largest absolute Gasteiger partial charge is 0.381 e. The first kappa shape index (κ1) is 17.1. The number of ether oxygens (including phenoxy) is 1. The van der Waals surface area contributed by atoms with Crippen LogP contribution in [0.4, 0.5) is 0 Å². The van der Waals surface area contributed by atoms with E-state index in [2.05, 4.69) is 5.32 Å². The normalized spacial score (nSPS) is 16.7. The predicted molar refractivity (Wildman–Crippen MR) is 89.1 cm³/mol. The van der Waals surface area contributed by atoms with Crippen LogP contribution in [0, 0.1) is 11.3 Å². The van der Waals surface area contributed by atoms with E-state index >= 15 is 0 Å². The van der Waals surface area contributed by atoms with Gasteiger partial charge in [0.15, 0.2) is 0 Å². The number of amides is 1. The van der Waals surface area contributed by atoms with Crippen LogP contribution >= 0.6 is 23.4 Å². The smallest absolute Gasteiger partial charge is 0.230 e. The van der Waals surface area contributed by atoms with Gasteiger partial charge in [0.05, 0.1) is 17.6 Å². The summed E-state index contributed by atoms with van der Waals surface area (Å²) in [5.74, 6) is 0.629. The molecule has 0 saturated carbocycles. The summed E-state index contributed by atoms with van der Waals surface area (Å²) in [6.07, 6.45) is 1.75. The number of thioether (sulfide) groups is 1. The molecule has 118 valence electrons. The number of nitriles is 1. The van der Waals surface area contributed by atoms with Gasteiger partial charge in [-0.3, -0.25) is 4.79 Å². The van der Waals surface area contributed by atoms with Gasteiger partial charge >= 0.3 is 0 Å². The Morgan fingerprint density at radius 1 is 1.36 bits per heavy atom. The number of carbonyl (C=O) groups excluding carboxylic acids is 1. The molecule has 0 atom stereocenters. The van der Waals surface area contributed by atoms with Crippen LogP contribution in [0.15, 0.2) is 24.3 Å². The van der Waals surface area contributed by atoms with Crippen LogP contribution in [-0.2, 0) is 14.9 Å². The molecule has 1 aromatic rings. The van der Waals surface area contributed by atoms with Crippen molar-refractivity contribution in [3.63, 3.8) is 0 Å². The molecular weight excluding hydrogens is 320 g/mol. The molecule has 6 heteroatoms. The van der Waals surface area contributed by atoms with Crippen molar-refractivity contribution in [3.8, 4) is 6.07 Å². The lowest BCUT2D eigenvalue weighted by atomic mass is 9.74. The van der Waals surface area contributed by atoms with E-state index in [1.807, 2.05) is 30.3 Å². The number of hydrogen-bond acceptors (Lipinski definition) is 4. The number of nitrogens with one attached hydrogen (secondary N) is 1. The molecule has 2 rings (SSSR count). The van der Waals surface area contributed by atoms with Gasteiger partial charge in [0.2, 0.25) is 5.91 Å². The standard InChI is InChI=1S/C16H19ClN2O2S/c17-14-3-1-13(2-4-14)16(5-8-21-9-6-16)12-19-15(20)11-22-10-7-18/h1-4H,5-6,8-12H2,(H,19,20). The highest BCUT2D eigenvalue weighted by Gasteiger charge is 2.34. The molecule has 0 bridgehead atoms. The lowest BCUT2D eigenvalue weighted by Gasteiger charge is -2.38. The Bertz CT molecular complexity index is 536. The SMILES string of the molecule is N#CCSCC(=O)NCC1(c2ccc(Cl)cc2)CCOCC1. The Morgan fingerprint density at radius 3 is 2.68 bits per heavy atom. The topological polar surface area (TPSA) is 62.1 Å². The van der Waals surface area contributed by atoms with Crippen molar-refractivity contribution in [3.05, 3.63) is 34.9 Å². The number of benzene rings is 1. The Morgan fingerprint density at radius 2 is 2.05 bits per heavy atom. The third-order valence-corrected chi connectivity index (χ3v) is 4.98. The van der Waals surface area contributed by atoms with Crippen LogP contribution in [-0.4, -0.2) is 37.2 Å². The number of rotatable bonds is 6. The van der Waals surface area contributed by atoms with E-state index < -0.39 is 0 Å². The Hall–Kier alpha value is -1.22. The maximum Gasteiger partial charge on any atom is 0.230 e. The van der Waals surface area contributed by atoms with E-state index in [4.69, 9.17) is 21.6 Å². The highest BCUT2D eigenvalue weighted by Crippen LogP contribution is 2.34. The summed E-state index contributed by atoms with van der Waals surface area (Å²) in [6.45, 7) is 1.98. The first-order valence-electron chi connectivity index (χ1n) is 7.21. The first-order chi connectivity index (χ1) is 10.7. The minimum atomic E-state index is -0.0988. The minimum Gasteiger partial charge on any atom is -0.381 e.